The quantitative estimate of drug-likeness (QED) is 0.0906. The molecule has 0 spiro atoms. The second-order valence-electron chi connectivity index (χ2n) is 9.89. The molecule has 0 aliphatic heterocycles. The zero-order valence-corrected chi connectivity index (χ0v) is 21.4. The van der Waals surface area contributed by atoms with Crippen molar-refractivity contribution in [2.45, 2.75) is 162 Å². The van der Waals surface area contributed by atoms with E-state index in [2.05, 4.69) is 20.8 Å². The summed E-state index contributed by atoms with van der Waals surface area (Å²) in [6, 6.07) is 0. The van der Waals surface area contributed by atoms with Gasteiger partial charge < -0.3 is 4.74 Å². The van der Waals surface area contributed by atoms with Crippen LogP contribution in [0.1, 0.15) is 162 Å². The Bertz CT molecular complexity index is 403. The minimum atomic E-state index is -0.340. The van der Waals surface area contributed by atoms with Crippen molar-refractivity contribution in [3.63, 3.8) is 0 Å². The van der Waals surface area contributed by atoms with Crippen LogP contribution < -0.4 is 0 Å². The lowest BCUT2D eigenvalue weighted by atomic mass is 10.0. The van der Waals surface area contributed by atoms with Crippen molar-refractivity contribution in [1.82, 2.24) is 0 Å². The minimum Gasteiger partial charge on any atom is -0.393 e. The van der Waals surface area contributed by atoms with Crippen molar-refractivity contribution in [3.05, 3.63) is 0 Å². The third kappa shape index (κ3) is 25.3. The van der Waals surface area contributed by atoms with E-state index in [1.807, 2.05) is 0 Å². The highest BCUT2D eigenvalue weighted by Gasteiger charge is 2.09. The summed E-state index contributed by atoms with van der Waals surface area (Å²) < 4.78 is 4.91. The van der Waals surface area contributed by atoms with Gasteiger partial charge in [0.15, 0.2) is 0 Å². The van der Waals surface area contributed by atoms with E-state index in [4.69, 9.17) is 4.74 Å². The van der Waals surface area contributed by atoms with Gasteiger partial charge in [-0.05, 0) is 18.8 Å². The number of ether oxygens (including phenoxy) is 1. The topological polar surface area (TPSA) is 43.4 Å². The highest BCUT2D eigenvalue weighted by atomic mass is 16.6. The monoisotopic (exact) mass is 438 g/mol. The lowest BCUT2D eigenvalue weighted by Gasteiger charge is -2.05. The van der Waals surface area contributed by atoms with Gasteiger partial charge in [0.2, 0.25) is 0 Å². The number of carbonyl (C=O) groups is 2. The number of carbonyl (C=O) groups excluding carboxylic acids is 2. The third-order valence-corrected chi connectivity index (χ3v) is 6.12. The van der Waals surface area contributed by atoms with E-state index >= 15 is 0 Å². The molecule has 0 fully saturated rings. The second kappa shape index (κ2) is 23.8. The normalized spacial score (nSPS) is 11.2. The molecule has 0 aromatic rings. The lowest BCUT2D eigenvalue weighted by Crippen LogP contribution is -2.11. The van der Waals surface area contributed by atoms with Gasteiger partial charge in [0.1, 0.15) is 0 Å². The van der Waals surface area contributed by atoms with Crippen molar-refractivity contribution < 1.29 is 14.3 Å². The Morgan fingerprint density at radius 3 is 1.19 bits per heavy atom. The summed E-state index contributed by atoms with van der Waals surface area (Å²) in [5.74, 6) is 0.188. The molecular weight excluding hydrogens is 384 g/mol. The number of hydrogen-bond acceptors (Lipinski definition) is 3. The molecule has 0 rings (SSSR count). The van der Waals surface area contributed by atoms with Crippen LogP contribution in [0.25, 0.3) is 0 Å². The van der Waals surface area contributed by atoms with E-state index in [1.165, 1.54) is 96.3 Å². The first-order chi connectivity index (χ1) is 15.1. The molecule has 31 heavy (non-hydrogen) atoms. The van der Waals surface area contributed by atoms with Crippen molar-refractivity contribution in [3.8, 4) is 0 Å². The fourth-order valence-corrected chi connectivity index (χ4v) is 4.05. The van der Waals surface area contributed by atoms with Crippen LogP contribution in [0.15, 0.2) is 0 Å². The van der Waals surface area contributed by atoms with Crippen LogP contribution in [0, 0.1) is 5.92 Å². The zero-order valence-electron chi connectivity index (χ0n) is 21.4. The van der Waals surface area contributed by atoms with Crippen LogP contribution in [0.5, 0.6) is 0 Å². The molecule has 0 atom stereocenters. The molecule has 0 heterocycles. The molecule has 0 bridgehead atoms. The predicted molar refractivity (Wildman–Crippen MR) is 133 cm³/mol. The van der Waals surface area contributed by atoms with Gasteiger partial charge in [-0.15, -0.1) is 0 Å². The van der Waals surface area contributed by atoms with Gasteiger partial charge in [-0.25, -0.2) is 0 Å². The maximum Gasteiger partial charge on any atom is 0.313 e. The van der Waals surface area contributed by atoms with Crippen LogP contribution in [0.3, 0.4) is 0 Å². The molecule has 0 saturated heterocycles. The summed E-state index contributed by atoms with van der Waals surface area (Å²) in [4.78, 5) is 23.3. The average molecular weight is 439 g/mol. The maximum absolute atomic E-state index is 11.7. The summed E-state index contributed by atoms with van der Waals surface area (Å²) in [5.41, 5.74) is 0. The van der Waals surface area contributed by atoms with Crippen LogP contribution in [0.4, 0.5) is 0 Å². The van der Waals surface area contributed by atoms with Crippen molar-refractivity contribution in [2.75, 3.05) is 0 Å². The van der Waals surface area contributed by atoms with Crippen molar-refractivity contribution in [1.29, 1.82) is 0 Å². The maximum atomic E-state index is 11.7. The number of hydrogen-bond donors (Lipinski definition) is 0. The van der Waals surface area contributed by atoms with Crippen LogP contribution in [-0.4, -0.2) is 11.9 Å². The highest BCUT2D eigenvalue weighted by Crippen LogP contribution is 2.15. The van der Waals surface area contributed by atoms with E-state index in [9.17, 15) is 9.59 Å². The first-order valence-corrected chi connectivity index (χ1v) is 13.8. The van der Waals surface area contributed by atoms with E-state index in [0.717, 1.165) is 38.0 Å². The number of esters is 2. The van der Waals surface area contributed by atoms with Gasteiger partial charge in [-0.3, -0.25) is 9.59 Å². The van der Waals surface area contributed by atoms with Gasteiger partial charge >= 0.3 is 11.9 Å². The molecule has 184 valence electrons. The smallest absolute Gasteiger partial charge is 0.313 e. The summed E-state index contributed by atoms with van der Waals surface area (Å²) in [6.45, 7) is 6.81. The molecule has 0 N–H and O–H groups in total. The zero-order chi connectivity index (χ0) is 23.0. The average Bonchev–Trinajstić information content (AvgIpc) is 2.73. The Balaban J connectivity index is 3.25. The lowest BCUT2D eigenvalue weighted by molar-refractivity contribution is -0.159. The Labute approximate surface area is 194 Å². The number of rotatable bonds is 23. The van der Waals surface area contributed by atoms with Crippen LogP contribution in [-0.2, 0) is 14.3 Å². The molecular formula is C28H54O3. The van der Waals surface area contributed by atoms with E-state index in [-0.39, 0.29) is 11.9 Å². The molecule has 3 heteroatoms. The van der Waals surface area contributed by atoms with E-state index in [1.54, 1.807) is 0 Å². The third-order valence-electron chi connectivity index (χ3n) is 6.12. The first kappa shape index (κ1) is 30.1. The van der Waals surface area contributed by atoms with Crippen LogP contribution in [0.2, 0.25) is 0 Å². The molecule has 0 aliphatic carbocycles. The molecule has 0 radical (unpaired) electrons. The summed E-state index contributed by atoms with van der Waals surface area (Å²) in [7, 11) is 0. The van der Waals surface area contributed by atoms with Gasteiger partial charge in [0.05, 0.1) is 0 Å². The van der Waals surface area contributed by atoms with E-state index < -0.39 is 0 Å². The first-order valence-electron chi connectivity index (χ1n) is 13.8. The Morgan fingerprint density at radius 2 is 0.839 bits per heavy atom. The largest absolute Gasteiger partial charge is 0.393 e. The SMILES string of the molecule is CCCCCCCC(=O)OC(=O)CCCCCCCCCCCCCCCCC(C)C. The minimum absolute atomic E-state index is 0.335. The molecule has 0 aromatic heterocycles. The van der Waals surface area contributed by atoms with Gasteiger partial charge in [-0.2, -0.15) is 0 Å². The van der Waals surface area contributed by atoms with Crippen molar-refractivity contribution >= 4 is 11.9 Å². The molecule has 0 saturated carbocycles. The van der Waals surface area contributed by atoms with Gasteiger partial charge in [0.25, 0.3) is 0 Å². The standard InChI is InChI=1S/C28H54O3/c1-4-5-6-17-21-24-27(29)31-28(30)25-22-19-16-14-12-10-8-7-9-11-13-15-18-20-23-26(2)3/h26H,4-25H2,1-3H3. The Kier molecular flexibility index (Phi) is 23.1. The number of unbranched alkanes of at least 4 members (excludes halogenated alkanes) is 17. The van der Waals surface area contributed by atoms with E-state index in [0.29, 0.717) is 12.8 Å². The van der Waals surface area contributed by atoms with Gasteiger partial charge in [-0.1, -0.05) is 136 Å². The van der Waals surface area contributed by atoms with Crippen LogP contribution >= 0.6 is 0 Å². The molecule has 0 aliphatic rings. The molecule has 0 amide bonds. The second-order valence-corrected chi connectivity index (χ2v) is 9.89. The Hall–Kier alpha value is -0.860. The fourth-order valence-electron chi connectivity index (χ4n) is 4.05. The molecule has 3 nitrogen and oxygen atoms in total. The molecule has 0 aromatic carbocycles. The fraction of sp³-hybridized carbons (Fsp3) is 0.929. The summed E-state index contributed by atoms with van der Waals surface area (Å²) >= 11 is 0. The summed E-state index contributed by atoms with van der Waals surface area (Å²) in [6.07, 6.45) is 25.9. The summed E-state index contributed by atoms with van der Waals surface area (Å²) in [5, 5.41) is 0. The highest BCUT2D eigenvalue weighted by molar-refractivity contribution is 5.85. The Morgan fingerprint density at radius 1 is 0.516 bits per heavy atom. The molecule has 0 unspecified atom stereocenters. The predicted octanol–water partition coefficient (Wildman–Crippen LogP) is 9.31. The van der Waals surface area contributed by atoms with Gasteiger partial charge in [0, 0.05) is 12.8 Å². The van der Waals surface area contributed by atoms with Crippen molar-refractivity contribution in [2.24, 2.45) is 5.92 Å².